The molecule has 1 nitrogen and oxygen atoms in total. The van der Waals surface area contributed by atoms with Gasteiger partial charge in [0, 0.05) is 11.6 Å². The van der Waals surface area contributed by atoms with Gasteiger partial charge in [-0.2, -0.15) is 0 Å². The molecule has 0 aliphatic carbocycles. The average molecular weight is 325 g/mol. The van der Waals surface area contributed by atoms with Gasteiger partial charge in [-0.1, -0.05) is 63.3 Å². The molecule has 0 saturated heterocycles. The van der Waals surface area contributed by atoms with E-state index in [1.165, 1.54) is 61.6 Å². The van der Waals surface area contributed by atoms with Crippen LogP contribution >= 0.6 is 11.6 Å². The van der Waals surface area contributed by atoms with Crippen LogP contribution in [0.2, 0.25) is 5.02 Å². The second-order valence-electron chi connectivity index (χ2n) is 6.32. The summed E-state index contributed by atoms with van der Waals surface area (Å²) in [5.74, 6) is 0. The molecule has 2 heteroatoms. The van der Waals surface area contributed by atoms with Gasteiger partial charge in [0.1, 0.15) is 0 Å². The van der Waals surface area contributed by atoms with Crippen LogP contribution in [0.1, 0.15) is 81.9 Å². The van der Waals surface area contributed by atoms with Crippen molar-refractivity contribution in [3.63, 3.8) is 0 Å². The Labute approximate surface area is 142 Å². The largest absolute Gasteiger partial charge is 0.396 e. The van der Waals surface area contributed by atoms with E-state index in [1.54, 1.807) is 0 Å². The van der Waals surface area contributed by atoms with Gasteiger partial charge in [0.15, 0.2) is 0 Å². The van der Waals surface area contributed by atoms with E-state index in [1.807, 2.05) is 0 Å². The molecule has 0 unspecified atom stereocenters. The summed E-state index contributed by atoms with van der Waals surface area (Å²) >= 11 is 6.64. The quantitative estimate of drug-likeness (QED) is 0.459. The molecule has 1 aromatic carbocycles. The summed E-state index contributed by atoms with van der Waals surface area (Å²) in [5, 5.41) is 9.96. The summed E-state index contributed by atoms with van der Waals surface area (Å²) in [6, 6.07) is 4.64. The van der Waals surface area contributed by atoms with Crippen molar-refractivity contribution in [1.82, 2.24) is 0 Å². The van der Waals surface area contributed by atoms with Crippen LogP contribution < -0.4 is 0 Å². The van der Waals surface area contributed by atoms with E-state index >= 15 is 0 Å². The highest BCUT2D eigenvalue weighted by Gasteiger charge is 2.09. The van der Waals surface area contributed by atoms with E-state index < -0.39 is 0 Å². The molecule has 0 atom stereocenters. The van der Waals surface area contributed by atoms with Crippen molar-refractivity contribution >= 4 is 11.6 Å². The molecular weight excluding hydrogens is 292 g/mol. The third kappa shape index (κ3) is 7.15. The Bertz CT molecular complexity index is 383. The first-order valence-corrected chi connectivity index (χ1v) is 9.51. The number of rotatable bonds is 12. The Balaban J connectivity index is 2.81. The molecule has 0 aliphatic heterocycles. The lowest BCUT2D eigenvalue weighted by atomic mass is 9.95. The van der Waals surface area contributed by atoms with Crippen molar-refractivity contribution in [2.75, 3.05) is 6.61 Å². The molecule has 1 N–H and O–H groups in total. The Morgan fingerprint density at radius 1 is 0.773 bits per heavy atom. The maximum atomic E-state index is 8.98. The van der Waals surface area contributed by atoms with Crippen LogP contribution in [-0.4, -0.2) is 11.7 Å². The van der Waals surface area contributed by atoms with Gasteiger partial charge in [-0.15, -0.1) is 0 Å². The number of aliphatic hydroxyl groups excluding tert-OH is 1. The zero-order chi connectivity index (χ0) is 16.2. The minimum absolute atomic E-state index is 0.275. The summed E-state index contributed by atoms with van der Waals surface area (Å²) in [5.41, 5.74) is 4.07. The van der Waals surface area contributed by atoms with E-state index in [-0.39, 0.29) is 6.61 Å². The van der Waals surface area contributed by atoms with Gasteiger partial charge in [0.05, 0.1) is 0 Å². The topological polar surface area (TPSA) is 20.2 Å². The number of hydrogen-bond acceptors (Lipinski definition) is 1. The van der Waals surface area contributed by atoms with Crippen LogP contribution in [0.3, 0.4) is 0 Å². The number of hydrogen-bond donors (Lipinski definition) is 1. The lowest BCUT2D eigenvalue weighted by Crippen LogP contribution is -1.98. The minimum atomic E-state index is 0.275. The molecule has 0 aromatic heterocycles. The van der Waals surface area contributed by atoms with Crippen molar-refractivity contribution in [3.05, 3.63) is 33.8 Å². The molecule has 126 valence electrons. The summed E-state index contributed by atoms with van der Waals surface area (Å²) in [4.78, 5) is 0. The van der Waals surface area contributed by atoms with E-state index in [9.17, 15) is 0 Å². The van der Waals surface area contributed by atoms with Crippen molar-refractivity contribution in [2.24, 2.45) is 0 Å². The first-order chi connectivity index (χ1) is 10.7. The highest BCUT2D eigenvalue weighted by Crippen LogP contribution is 2.27. The van der Waals surface area contributed by atoms with Gasteiger partial charge in [-0.05, 0) is 61.6 Å². The molecular formula is C20H33ClO. The van der Waals surface area contributed by atoms with Crippen LogP contribution in [0.5, 0.6) is 0 Å². The van der Waals surface area contributed by atoms with Gasteiger partial charge in [0.25, 0.3) is 0 Å². The highest BCUT2D eigenvalue weighted by atomic mass is 35.5. The van der Waals surface area contributed by atoms with Crippen molar-refractivity contribution in [3.8, 4) is 0 Å². The van der Waals surface area contributed by atoms with Crippen LogP contribution in [0.15, 0.2) is 12.1 Å². The SMILES string of the molecule is CCCCCc1cc(CCCCC)c(Cl)c(CCCCO)c1. The summed E-state index contributed by atoms with van der Waals surface area (Å²) in [6.45, 7) is 4.76. The molecule has 0 radical (unpaired) electrons. The van der Waals surface area contributed by atoms with Gasteiger partial charge in [-0.25, -0.2) is 0 Å². The third-order valence-electron chi connectivity index (χ3n) is 4.26. The van der Waals surface area contributed by atoms with Gasteiger partial charge in [0.2, 0.25) is 0 Å². The number of aliphatic hydroxyl groups is 1. The first-order valence-electron chi connectivity index (χ1n) is 9.13. The van der Waals surface area contributed by atoms with Gasteiger partial charge < -0.3 is 5.11 Å². The number of unbranched alkanes of at least 4 members (excludes halogenated alkanes) is 5. The van der Waals surface area contributed by atoms with Crippen molar-refractivity contribution in [1.29, 1.82) is 0 Å². The summed E-state index contributed by atoms with van der Waals surface area (Å²) in [6.07, 6.45) is 12.7. The van der Waals surface area contributed by atoms with Gasteiger partial charge in [-0.3, -0.25) is 0 Å². The Morgan fingerprint density at radius 2 is 1.27 bits per heavy atom. The Morgan fingerprint density at radius 3 is 1.77 bits per heavy atom. The maximum Gasteiger partial charge on any atom is 0.0470 e. The fraction of sp³-hybridized carbons (Fsp3) is 0.700. The predicted molar refractivity (Wildman–Crippen MR) is 97.9 cm³/mol. The molecule has 0 saturated carbocycles. The molecule has 22 heavy (non-hydrogen) atoms. The minimum Gasteiger partial charge on any atom is -0.396 e. The first kappa shape index (κ1) is 19.5. The predicted octanol–water partition coefficient (Wildman–Crippen LogP) is 6.12. The monoisotopic (exact) mass is 324 g/mol. The Hall–Kier alpha value is -0.530. The molecule has 0 aliphatic rings. The lowest BCUT2D eigenvalue weighted by molar-refractivity contribution is 0.284. The van der Waals surface area contributed by atoms with E-state index in [2.05, 4.69) is 26.0 Å². The zero-order valence-electron chi connectivity index (χ0n) is 14.5. The fourth-order valence-electron chi connectivity index (χ4n) is 2.90. The summed E-state index contributed by atoms with van der Waals surface area (Å²) in [7, 11) is 0. The zero-order valence-corrected chi connectivity index (χ0v) is 15.2. The highest BCUT2D eigenvalue weighted by molar-refractivity contribution is 6.32. The Kier molecular flexibility index (Phi) is 10.6. The molecule has 0 spiro atoms. The van der Waals surface area contributed by atoms with Gasteiger partial charge >= 0.3 is 0 Å². The third-order valence-corrected chi connectivity index (χ3v) is 4.74. The number of halogens is 1. The standard InChI is InChI=1S/C20H33ClO/c1-3-5-7-11-17-15-18(12-8-6-4-2)20(21)19(16-17)13-9-10-14-22/h15-16,22H,3-14H2,1-2H3. The lowest BCUT2D eigenvalue weighted by Gasteiger charge is -2.13. The molecule has 0 amide bonds. The van der Waals surface area contributed by atoms with Crippen LogP contribution in [-0.2, 0) is 19.3 Å². The van der Waals surface area contributed by atoms with E-state index in [0.717, 1.165) is 30.7 Å². The normalized spacial score (nSPS) is 11.1. The van der Waals surface area contributed by atoms with Crippen molar-refractivity contribution in [2.45, 2.75) is 84.5 Å². The second-order valence-corrected chi connectivity index (χ2v) is 6.70. The number of aryl methyl sites for hydroxylation is 3. The average Bonchev–Trinajstić information content (AvgIpc) is 2.52. The van der Waals surface area contributed by atoms with Crippen LogP contribution in [0.25, 0.3) is 0 Å². The molecule has 0 heterocycles. The molecule has 0 fully saturated rings. The maximum absolute atomic E-state index is 8.98. The molecule has 0 bridgehead atoms. The van der Waals surface area contributed by atoms with Crippen molar-refractivity contribution < 1.29 is 5.11 Å². The van der Waals surface area contributed by atoms with Crippen LogP contribution in [0, 0.1) is 0 Å². The second kappa shape index (κ2) is 12.0. The van der Waals surface area contributed by atoms with E-state index in [4.69, 9.17) is 16.7 Å². The fourth-order valence-corrected chi connectivity index (χ4v) is 3.20. The van der Waals surface area contributed by atoms with E-state index in [0.29, 0.717) is 0 Å². The smallest absolute Gasteiger partial charge is 0.0470 e. The molecule has 1 aromatic rings. The number of benzene rings is 1. The molecule has 1 rings (SSSR count). The van der Waals surface area contributed by atoms with Crippen LogP contribution in [0.4, 0.5) is 0 Å². The summed E-state index contributed by atoms with van der Waals surface area (Å²) < 4.78 is 0.